The highest BCUT2D eigenvalue weighted by atomic mass is 19.4. The van der Waals surface area contributed by atoms with E-state index in [1.807, 2.05) is 6.07 Å². The molecular formula is C29H29BF3N3O7. The number of ether oxygens (including phenoxy) is 3. The van der Waals surface area contributed by atoms with Crippen LogP contribution < -0.4 is 20.8 Å². The molecule has 226 valence electrons. The van der Waals surface area contributed by atoms with Gasteiger partial charge in [-0.3, -0.25) is 4.90 Å². The summed E-state index contributed by atoms with van der Waals surface area (Å²) in [6, 6.07) is 13.5. The van der Waals surface area contributed by atoms with Gasteiger partial charge in [0.15, 0.2) is 0 Å². The first-order valence-corrected chi connectivity index (χ1v) is 13.0. The predicted molar refractivity (Wildman–Crippen MR) is 148 cm³/mol. The first-order valence-electron chi connectivity index (χ1n) is 13.0. The van der Waals surface area contributed by atoms with Crippen molar-refractivity contribution in [3.63, 3.8) is 0 Å². The van der Waals surface area contributed by atoms with Crippen molar-refractivity contribution in [1.29, 1.82) is 5.26 Å². The molecule has 1 atom stereocenters. The second kappa shape index (κ2) is 11.3. The van der Waals surface area contributed by atoms with Gasteiger partial charge in [0.2, 0.25) is 0 Å². The van der Waals surface area contributed by atoms with E-state index in [2.05, 4.69) is 4.74 Å². The number of alkyl halides is 3. The number of methoxy groups -OCH3 is 2. The van der Waals surface area contributed by atoms with Gasteiger partial charge < -0.3 is 29.3 Å². The largest absolute Gasteiger partial charge is 0.573 e. The number of halogens is 3. The van der Waals surface area contributed by atoms with Crippen LogP contribution in [0.1, 0.15) is 39.2 Å². The van der Waals surface area contributed by atoms with Gasteiger partial charge in [-0.1, -0.05) is 36.4 Å². The lowest BCUT2D eigenvalue weighted by Gasteiger charge is -2.37. The third-order valence-corrected chi connectivity index (χ3v) is 7.59. The summed E-state index contributed by atoms with van der Waals surface area (Å²) in [6.07, 6.45) is -5.07. The maximum absolute atomic E-state index is 13.5. The van der Waals surface area contributed by atoms with Crippen LogP contribution in [0, 0.1) is 11.3 Å². The molecule has 2 aromatic carbocycles. The van der Waals surface area contributed by atoms with Crippen LogP contribution in [-0.4, -0.2) is 50.8 Å². The number of anilines is 1. The number of benzene rings is 2. The molecule has 2 heterocycles. The van der Waals surface area contributed by atoms with Crippen molar-refractivity contribution in [2.24, 2.45) is 5.73 Å². The van der Waals surface area contributed by atoms with E-state index in [1.54, 1.807) is 58.0 Å². The van der Waals surface area contributed by atoms with Crippen molar-refractivity contribution < 1.29 is 46.3 Å². The number of hydrogen-bond acceptors (Lipinski definition) is 10. The minimum Gasteiger partial charge on any atom is -0.466 e. The summed E-state index contributed by atoms with van der Waals surface area (Å²) >= 11 is 0. The highest BCUT2D eigenvalue weighted by Gasteiger charge is 2.53. The number of hydrogen-bond donors (Lipinski definition) is 1. The van der Waals surface area contributed by atoms with Crippen molar-refractivity contribution in [2.45, 2.75) is 51.2 Å². The number of nitriles is 1. The Kier molecular flexibility index (Phi) is 8.28. The molecule has 1 unspecified atom stereocenters. The van der Waals surface area contributed by atoms with Crippen LogP contribution in [0.15, 0.2) is 71.2 Å². The fourth-order valence-corrected chi connectivity index (χ4v) is 4.85. The van der Waals surface area contributed by atoms with Crippen LogP contribution in [0.5, 0.6) is 5.75 Å². The average Bonchev–Trinajstić information content (AvgIpc) is 3.16. The van der Waals surface area contributed by atoms with Crippen molar-refractivity contribution >= 4 is 30.2 Å². The molecule has 0 saturated carbocycles. The van der Waals surface area contributed by atoms with E-state index >= 15 is 0 Å². The monoisotopic (exact) mass is 599 g/mol. The minimum atomic E-state index is -5.07. The van der Waals surface area contributed by atoms with Gasteiger partial charge in [-0.15, -0.1) is 13.2 Å². The topological polar surface area (TPSA) is 133 Å². The zero-order valence-corrected chi connectivity index (χ0v) is 24.2. The second-order valence-electron chi connectivity index (χ2n) is 10.7. The SMILES string of the molecule is COC(=O)C1=C(C(=O)OC)N(c2cc(OC(F)(F)F)ccc2B2OC(C)(C)C(C)(C)O2)C(N)=C(C#N)C1c1ccccc1. The Labute approximate surface area is 246 Å². The van der Waals surface area contributed by atoms with E-state index in [0.717, 1.165) is 31.3 Å². The number of carbonyl (C=O) groups excluding carboxylic acids is 2. The molecule has 4 rings (SSSR count). The van der Waals surface area contributed by atoms with Crippen LogP contribution in [0.2, 0.25) is 0 Å². The van der Waals surface area contributed by atoms with Crippen LogP contribution in [0.3, 0.4) is 0 Å². The Bertz CT molecular complexity index is 1530. The van der Waals surface area contributed by atoms with E-state index < -0.39 is 54.0 Å². The molecular weight excluding hydrogens is 570 g/mol. The number of carbonyl (C=O) groups is 2. The van der Waals surface area contributed by atoms with Gasteiger partial charge in [-0.25, -0.2) is 9.59 Å². The maximum atomic E-state index is 13.5. The fourth-order valence-electron chi connectivity index (χ4n) is 4.85. The molecule has 1 fully saturated rings. The lowest BCUT2D eigenvalue weighted by Crippen LogP contribution is -2.45. The summed E-state index contributed by atoms with van der Waals surface area (Å²) in [5.41, 5.74) is 4.20. The van der Waals surface area contributed by atoms with Crippen LogP contribution in [-0.2, 0) is 28.4 Å². The molecule has 0 aliphatic carbocycles. The molecule has 0 bridgehead atoms. The van der Waals surface area contributed by atoms with Crippen molar-refractivity contribution in [3.8, 4) is 11.8 Å². The quantitative estimate of drug-likeness (QED) is 0.386. The van der Waals surface area contributed by atoms with Gasteiger partial charge in [0.25, 0.3) is 0 Å². The molecule has 2 aliphatic heterocycles. The van der Waals surface area contributed by atoms with Crippen LogP contribution >= 0.6 is 0 Å². The number of esters is 2. The molecule has 43 heavy (non-hydrogen) atoms. The molecule has 0 amide bonds. The number of allylic oxidation sites excluding steroid dienone is 1. The van der Waals surface area contributed by atoms with E-state index in [4.69, 9.17) is 24.5 Å². The molecule has 2 N–H and O–H groups in total. The maximum Gasteiger partial charge on any atom is 0.573 e. The standard InChI is InChI=1S/C29H29BF3N3O7/c1-27(2)28(3,4)43-30(42-27)19-13-12-17(41-29(31,32)33)14-20(19)36-23(26(38)40-6)22(25(37)39-5)21(18(15-34)24(36)35)16-10-8-7-9-11-16/h7-14,21H,35H2,1-6H3. The first-order chi connectivity index (χ1) is 20.1. The Morgan fingerprint density at radius 3 is 2.09 bits per heavy atom. The fraction of sp³-hybridized carbons (Fsp3) is 0.345. The molecule has 2 aromatic rings. The van der Waals surface area contributed by atoms with E-state index in [1.165, 1.54) is 6.07 Å². The van der Waals surface area contributed by atoms with Gasteiger partial charge in [0.05, 0.1) is 54.2 Å². The van der Waals surface area contributed by atoms with E-state index in [-0.39, 0.29) is 28.1 Å². The third-order valence-electron chi connectivity index (χ3n) is 7.59. The van der Waals surface area contributed by atoms with Gasteiger partial charge in [-0.2, -0.15) is 5.26 Å². The van der Waals surface area contributed by atoms with Gasteiger partial charge >= 0.3 is 25.4 Å². The van der Waals surface area contributed by atoms with Crippen molar-refractivity contribution in [1.82, 2.24) is 0 Å². The Morgan fingerprint density at radius 2 is 1.58 bits per heavy atom. The zero-order valence-electron chi connectivity index (χ0n) is 24.2. The molecule has 14 heteroatoms. The molecule has 2 aliphatic rings. The average molecular weight is 599 g/mol. The molecule has 0 aromatic heterocycles. The molecule has 1 saturated heterocycles. The van der Waals surface area contributed by atoms with E-state index in [0.29, 0.717) is 5.56 Å². The second-order valence-corrected chi connectivity index (χ2v) is 10.7. The molecule has 0 radical (unpaired) electrons. The normalized spacial score (nSPS) is 19.7. The molecule has 10 nitrogen and oxygen atoms in total. The Hall–Kier alpha value is -4.48. The Morgan fingerprint density at radius 1 is 1.00 bits per heavy atom. The minimum absolute atomic E-state index is 0.122. The van der Waals surface area contributed by atoms with Crippen molar-refractivity contribution in [3.05, 3.63) is 76.8 Å². The first kappa shape index (κ1) is 31.5. The summed E-state index contributed by atoms with van der Waals surface area (Å²) in [5.74, 6) is -4.30. The molecule has 0 spiro atoms. The summed E-state index contributed by atoms with van der Waals surface area (Å²) in [5, 5.41) is 10.3. The summed E-state index contributed by atoms with van der Waals surface area (Å²) in [6.45, 7) is 7.10. The smallest absolute Gasteiger partial charge is 0.466 e. The predicted octanol–water partition coefficient (Wildman–Crippen LogP) is 3.78. The number of nitrogens with zero attached hydrogens (tertiary/aromatic N) is 2. The van der Waals surface area contributed by atoms with Crippen LogP contribution in [0.4, 0.5) is 18.9 Å². The van der Waals surface area contributed by atoms with Crippen molar-refractivity contribution in [2.75, 3.05) is 19.1 Å². The summed E-state index contributed by atoms with van der Waals surface area (Å²) < 4.78 is 66.5. The Balaban J connectivity index is 2.09. The van der Waals surface area contributed by atoms with Gasteiger partial charge in [0.1, 0.15) is 17.3 Å². The lowest BCUT2D eigenvalue weighted by molar-refractivity contribution is -0.274. The van der Waals surface area contributed by atoms with E-state index in [9.17, 15) is 28.0 Å². The van der Waals surface area contributed by atoms with Gasteiger partial charge in [-0.05, 0) is 39.3 Å². The summed E-state index contributed by atoms with van der Waals surface area (Å²) in [4.78, 5) is 27.8. The number of nitrogens with two attached hydrogens (primary N) is 1. The summed E-state index contributed by atoms with van der Waals surface area (Å²) in [7, 11) is 0.959. The van der Waals surface area contributed by atoms with Crippen LogP contribution in [0.25, 0.3) is 0 Å². The number of rotatable bonds is 6. The highest BCUT2D eigenvalue weighted by molar-refractivity contribution is 6.64. The third kappa shape index (κ3) is 5.78. The van der Waals surface area contributed by atoms with Gasteiger partial charge in [0, 0.05) is 11.5 Å². The zero-order chi connectivity index (χ0) is 31.9. The lowest BCUT2D eigenvalue weighted by atomic mass is 9.76. The highest BCUT2D eigenvalue weighted by Crippen LogP contribution is 2.44.